The van der Waals surface area contributed by atoms with Crippen molar-refractivity contribution < 1.29 is 14.7 Å². The molecular formula is C17H13NO3S2. The van der Waals surface area contributed by atoms with Gasteiger partial charge in [-0.25, -0.2) is 4.79 Å². The van der Waals surface area contributed by atoms with Crippen LogP contribution in [0.5, 0.6) is 0 Å². The molecule has 23 heavy (non-hydrogen) atoms. The van der Waals surface area contributed by atoms with Crippen LogP contribution in [0.15, 0.2) is 65.6 Å². The minimum Gasteiger partial charge on any atom is -0.478 e. The highest BCUT2D eigenvalue weighted by Crippen LogP contribution is 2.40. The number of carbonyl (C=O) groups is 2. The van der Waals surface area contributed by atoms with Gasteiger partial charge in [0.05, 0.1) is 5.57 Å². The maximum absolute atomic E-state index is 12.5. The van der Waals surface area contributed by atoms with Gasteiger partial charge in [0.2, 0.25) is 5.91 Å². The molecule has 2 aromatic rings. The van der Waals surface area contributed by atoms with Crippen molar-refractivity contribution in [3.63, 3.8) is 0 Å². The van der Waals surface area contributed by atoms with E-state index in [1.807, 2.05) is 35.7 Å². The molecule has 1 amide bonds. The third-order valence-corrected chi connectivity index (χ3v) is 5.58. The summed E-state index contributed by atoms with van der Waals surface area (Å²) in [6.07, 6.45) is 3.27. The lowest BCUT2D eigenvalue weighted by atomic mass is 10.1. The molecule has 1 atom stereocenters. The SMILES string of the molecule is O=C(O)C1=CC=C(c2cccs2)SC1C(=O)Nc1ccccc1. The first-order valence-corrected chi connectivity index (χ1v) is 8.62. The van der Waals surface area contributed by atoms with E-state index >= 15 is 0 Å². The average Bonchev–Trinajstić information content (AvgIpc) is 3.09. The normalized spacial score (nSPS) is 17.1. The zero-order valence-electron chi connectivity index (χ0n) is 11.9. The minimum absolute atomic E-state index is 0.0868. The molecule has 0 spiro atoms. The number of rotatable bonds is 4. The van der Waals surface area contributed by atoms with Crippen LogP contribution in [-0.4, -0.2) is 22.2 Å². The molecule has 0 fully saturated rings. The molecule has 4 nitrogen and oxygen atoms in total. The van der Waals surface area contributed by atoms with Gasteiger partial charge >= 0.3 is 5.97 Å². The van der Waals surface area contributed by atoms with Crippen LogP contribution >= 0.6 is 23.1 Å². The number of carboxylic acid groups (broad SMARTS) is 1. The van der Waals surface area contributed by atoms with E-state index in [0.717, 1.165) is 9.78 Å². The molecule has 1 aliphatic heterocycles. The van der Waals surface area contributed by atoms with Crippen LogP contribution in [0.25, 0.3) is 4.91 Å². The number of hydrogen-bond donors (Lipinski definition) is 2. The predicted octanol–water partition coefficient (Wildman–Crippen LogP) is 3.85. The Morgan fingerprint density at radius 1 is 1.04 bits per heavy atom. The van der Waals surface area contributed by atoms with Crippen molar-refractivity contribution in [2.75, 3.05) is 5.32 Å². The molecule has 1 aliphatic rings. The number of carbonyl (C=O) groups excluding carboxylic acids is 1. The molecule has 0 saturated carbocycles. The fraction of sp³-hybridized carbons (Fsp3) is 0.0588. The summed E-state index contributed by atoms with van der Waals surface area (Å²) in [6, 6.07) is 12.9. The van der Waals surface area contributed by atoms with Gasteiger partial charge in [0.1, 0.15) is 5.25 Å². The number of carboxylic acids is 1. The summed E-state index contributed by atoms with van der Waals surface area (Å²) in [6.45, 7) is 0. The van der Waals surface area contributed by atoms with Crippen LogP contribution in [-0.2, 0) is 9.59 Å². The molecule has 2 N–H and O–H groups in total. The first-order valence-electron chi connectivity index (χ1n) is 6.87. The Morgan fingerprint density at radius 2 is 1.83 bits per heavy atom. The van der Waals surface area contributed by atoms with E-state index in [4.69, 9.17) is 0 Å². The molecular weight excluding hydrogens is 330 g/mol. The molecule has 1 aromatic heterocycles. The highest BCUT2D eigenvalue weighted by atomic mass is 32.2. The van der Waals surface area contributed by atoms with Gasteiger partial charge in [-0.2, -0.15) is 0 Å². The lowest BCUT2D eigenvalue weighted by molar-refractivity contribution is -0.133. The summed E-state index contributed by atoms with van der Waals surface area (Å²) >= 11 is 2.82. The molecule has 6 heteroatoms. The Balaban J connectivity index is 1.85. The van der Waals surface area contributed by atoms with Gasteiger partial charge in [-0.3, -0.25) is 4.79 Å². The number of benzene rings is 1. The van der Waals surface area contributed by atoms with Gasteiger partial charge in [-0.05, 0) is 35.7 Å². The van der Waals surface area contributed by atoms with Crippen molar-refractivity contribution in [3.8, 4) is 0 Å². The zero-order chi connectivity index (χ0) is 16.2. The van der Waals surface area contributed by atoms with E-state index in [0.29, 0.717) is 5.69 Å². The monoisotopic (exact) mass is 343 g/mol. The van der Waals surface area contributed by atoms with Crippen LogP contribution in [0.1, 0.15) is 4.88 Å². The molecule has 0 saturated heterocycles. The smallest absolute Gasteiger partial charge is 0.333 e. The Hall–Kier alpha value is -2.31. The predicted molar refractivity (Wildman–Crippen MR) is 94.5 cm³/mol. The van der Waals surface area contributed by atoms with Crippen molar-refractivity contribution in [2.24, 2.45) is 0 Å². The topological polar surface area (TPSA) is 66.4 Å². The number of para-hydroxylation sites is 1. The molecule has 0 aliphatic carbocycles. The summed E-state index contributed by atoms with van der Waals surface area (Å²) in [7, 11) is 0. The Kier molecular flexibility index (Phi) is 4.64. The van der Waals surface area contributed by atoms with Gasteiger partial charge in [-0.15, -0.1) is 23.1 Å². The standard InChI is InChI=1S/C17H13NO3S2/c19-16(18-11-5-2-1-3-6-11)15-12(17(20)21)8-9-14(23-15)13-7-4-10-22-13/h1-10,15H,(H,18,19)(H,20,21). The largest absolute Gasteiger partial charge is 0.478 e. The highest BCUT2D eigenvalue weighted by molar-refractivity contribution is 8.10. The number of thioether (sulfide) groups is 1. The second-order valence-corrected chi connectivity index (χ2v) is 6.88. The fourth-order valence-corrected chi connectivity index (χ4v) is 4.14. The molecule has 0 radical (unpaired) electrons. The maximum Gasteiger partial charge on any atom is 0.333 e. The summed E-state index contributed by atoms with van der Waals surface area (Å²) in [5, 5.41) is 13.3. The van der Waals surface area contributed by atoms with E-state index in [2.05, 4.69) is 5.32 Å². The van der Waals surface area contributed by atoms with Crippen LogP contribution < -0.4 is 5.32 Å². The van der Waals surface area contributed by atoms with Gasteiger partial charge in [0.25, 0.3) is 0 Å². The van der Waals surface area contributed by atoms with Crippen molar-refractivity contribution >= 4 is 45.6 Å². The molecule has 2 heterocycles. The number of aliphatic carboxylic acids is 1. The zero-order valence-corrected chi connectivity index (χ0v) is 13.6. The molecule has 3 rings (SSSR count). The Morgan fingerprint density at radius 3 is 2.48 bits per heavy atom. The molecule has 1 aromatic carbocycles. The number of hydrogen-bond acceptors (Lipinski definition) is 4. The highest BCUT2D eigenvalue weighted by Gasteiger charge is 2.32. The summed E-state index contributed by atoms with van der Waals surface area (Å²) in [4.78, 5) is 25.9. The van der Waals surface area contributed by atoms with Crippen molar-refractivity contribution in [3.05, 3.63) is 70.4 Å². The number of thiophene rings is 1. The third-order valence-electron chi connectivity index (χ3n) is 3.23. The lowest BCUT2D eigenvalue weighted by Gasteiger charge is -2.21. The van der Waals surface area contributed by atoms with Crippen molar-refractivity contribution in [1.82, 2.24) is 0 Å². The first-order chi connectivity index (χ1) is 11.1. The van der Waals surface area contributed by atoms with Crippen molar-refractivity contribution in [1.29, 1.82) is 0 Å². The second-order valence-electron chi connectivity index (χ2n) is 4.79. The Labute approximate surface area is 141 Å². The van der Waals surface area contributed by atoms with Crippen molar-refractivity contribution in [2.45, 2.75) is 5.25 Å². The van der Waals surface area contributed by atoms with Crippen LogP contribution in [0.2, 0.25) is 0 Å². The minimum atomic E-state index is -1.08. The number of amides is 1. The quantitative estimate of drug-likeness (QED) is 0.885. The summed E-state index contributed by atoms with van der Waals surface area (Å²) < 4.78 is 0. The molecule has 1 unspecified atom stereocenters. The number of allylic oxidation sites excluding steroid dienone is 2. The lowest BCUT2D eigenvalue weighted by Crippen LogP contribution is -2.31. The van der Waals surface area contributed by atoms with E-state index in [-0.39, 0.29) is 11.5 Å². The third kappa shape index (κ3) is 3.55. The van der Waals surface area contributed by atoms with Crippen LogP contribution in [0, 0.1) is 0 Å². The van der Waals surface area contributed by atoms with Crippen LogP contribution in [0.4, 0.5) is 5.69 Å². The number of anilines is 1. The molecule has 116 valence electrons. The van der Waals surface area contributed by atoms with Crippen LogP contribution in [0.3, 0.4) is 0 Å². The number of nitrogens with one attached hydrogen (secondary N) is 1. The van der Waals surface area contributed by atoms with Gasteiger partial charge in [-0.1, -0.05) is 24.3 Å². The summed E-state index contributed by atoms with van der Waals surface area (Å²) in [5.41, 5.74) is 0.735. The summed E-state index contributed by atoms with van der Waals surface area (Å²) in [5.74, 6) is -1.41. The fourth-order valence-electron chi connectivity index (χ4n) is 2.15. The van der Waals surface area contributed by atoms with E-state index in [1.54, 1.807) is 29.5 Å². The van der Waals surface area contributed by atoms with E-state index in [1.165, 1.54) is 17.8 Å². The second kappa shape index (κ2) is 6.85. The average molecular weight is 343 g/mol. The maximum atomic E-state index is 12.5. The van der Waals surface area contributed by atoms with Gasteiger partial charge < -0.3 is 10.4 Å². The van der Waals surface area contributed by atoms with Gasteiger partial charge in [0.15, 0.2) is 0 Å². The molecule has 0 bridgehead atoms. The van der Waals surface area contributed by atoms with E-state index < -0.39 is 11.2 Å². The first kappa shape index (κ1) is 15.6. The van der Waals surface area contributed by atoms with E-state index in [9.17, 15) is 14.7 Å². The van der Waals surface area contributed by atoms with Gasteiger partial charge in [0, 0.05) is 15.5 Å². The Bertz CT molecular complexity index is 779.